The van der Waals surface area contributed by atoms with Crippen molar-refractivity contribution in [2.45, 2.75) is 35.5 Å². The van der Waals surface area contributed by atoms with Crippen LogP contribution in [0.4, 0.5) is 5.69 Å². The number of carbonyl (C=O) groups is 1. The Morgan fingerprint density at radius 3 is 2.14 bits per heavy atom. The van der Waals surface area contributed by atoms with Crippen molar-refractivity contribution in [3.63, 3.8) is 0 Å². The van der Waals surface area contributed by atoms with Crippen molar-refractivity contribution >= 4 is 31.5 Å². The molecule has 3 rings (SSSR count). The molecule has 1 fully saturated rings. The van der Waals surface area contributed by atoms with Crippen molar-refractivity contribution in [3.05, 3.63) is 54.1 Å². The molecule has 156 valence electrons. The third kappa shape index (κ3) is 5.23. The van der Waals surface area contributed by atoms with E-state index in [4.69, 9.17) is 0 Å². The monoisotopic (exact) mass is 436 g/mol. The minimum atomic E-state index is -3.63. The average Bonchev–Trinajstić information content (AvgIpc) is 2.98. The van der Waals surface area contributed by atoms with Crippen LogP contribution in [0.3, 0.4) is 0 Å². The molecule has 0 aromatic heterocycles. The van der Waals surface area contributed by atoms with E-state index in [0.29, 0.717) is 18.8 Å². The Kier molecular flexibility index (Phi) is 6.40. The quantitative estimate of drug-likeness (QED) is 0.777. The fourth-order valence-electron chi connectivity index (χ4n) is 3.24. The van der Waals surface area contributed by atoms with E-state index < -0.39 is 25.8 Å². The first-order valence-corrected chi connectivity index (χ1v) is 12.7. The molecule has 0 atom stereocenters. The SMILES string of the molecule is CS(=O)(=O)c1cccc(C(=O)Nc2cccc(S(=O)(=O)N3CCCCCC3)c2)c1. The Morgan fingerprint density at radius 1 is 0.862 bits per heavy atom. The van der Waals surface area contributed by atoms with Gasteiger partial charge in [0, 0.05) is 30.6 Å². The Balaban J connectivity index is 1.82. The summed E-state index contributed by atoms with van der Waals surface area (Å²) in [4.78, 5) is 12.7. The average molecular weight is 437 g/mol. The predicted molar refractivity (Wildman–Crippen MR) is 111 cm³/mol. The van der Waals surface area contributed by atoms with E-state index in [1.807, 2.05) is 0 Å². The molecule has 29 heavy (non-hydrogen) atoms. The Bertz CT molecular complexity index is 1100. The lowest BCUT2D eigenvalue weighted by Gasteiger charge is -2.20. The van der Waals surface area contributed by atoms with Crippen LogP contribution in [0.15, 0.2) is 58.3 Å². The first-order chi connectivity index (χ1) is 13.7. The van der Waals surface area contributed by atoms with Crippen LogP contribution in [-0.4, -0.2) is 46.4 Å². The molecule has 0 aliphatic carbocycles. The van der Waals surface area contributed by atoms with Crippen molar-refractivity contribution in [3.8, 4) is 0 Å². The molecule has 1 saturated heterocycles. The van der Waals surface area contributed by atoms with E-state index in [9.17, 15) is 21.6 Å². The maximum Gasteiger partial charge on any atom is 0.255 e. The summed E-state index contributed by atoms with van der Waals surface area (Å²) in [5.74, 6) is -0.514. The second-order valence-corrected chi connectivity index (χ2v) is 11.1. The summed E-state index contributed by atoms with van der Waals surface area (Å²) in [7, 11) is -7.07. The third-order valence-corrected chi connectivity index (χ3v) is 7.82. The van der Waals surface area contributed by atoms with Gasteiger partial charge in [0.2, 0.25) is 10.0 Å². The smallest absolute Gasteiger partial charge is 0.255 e. The molecule has 2 aromatic carbocycles. The van der Waals surface area contributed by atoms with Crippen molar-refractivity contribution in [1.29, 1.82) is 0 Å². The van der Waals surface area contributed by atoms with Crippen LogP contribution in [0.1, 0.15) is 36.0 Å². The molecule has 1 aliphatic heterocycles. The number of hydrogen-bond acceptors (Lipinski definition) is 5. The van der Waals surface area contributed by atoms with Gasteiger partial charge in [0.05, 0.1) is 9.79 Å². The van der Waals surface area contributed by atoms with Crippen molar-refractivity contribution < 1.29 is 21.6 Å². The molecule has 1 aliphatic rings. The van der Waals surface area contributed by atoms with Gasteiger partial charge in [-0.2, -0.15) is 4.31 Å². The van der Waals surface area contributed by atoms with E-state index in [1.54, 1.807) is 12.1 Å². The molecule has 0 saturated carbocycles. The minimum Gasteiger partial charge on any atom is -0.322 e. The lowest BCUT2D eigenvalue weighted by Crippen LogP contribution is -2.32. The zero-order valence-corrected chi connectivity index (χ0v) is 17.8. The standard InChI is InChI=1S/C20H24N2O5S2/c1-28(24,25)18-10-6-8-16(14-18)20(23)21-17-9-7-11-19(15-17)29(26,27)22-12-4-2-3-5-13-22/h6-11,14-15H,2-5,12-13H2,1H3,(H,21,23). The first kappa shape index (κ1) is 21.5. The number of rotatable bonds is 5. The van der Waals surface area contributed by atoms with Crippen LogP contribution >= 0.6 is 0 Å². The molecule has 0 unspecified atom stereocenters. The van der Waals surface area contributed by atoms with E-state index >= 15 is 0 Å². The highest BCUT2D eigenvalue weighted by Gasteiger charge is 2.25. The number of sulfone groups is 1. The maximum atomic E-state index is 12.9. The fourth-order valence-corrected chi connectivity index (χ4v) is 5.47. The lowest BCUT2D eigenvalue weighted by molar-refractivity contribution is 0.102. The van der Waals surface area contributed by atoms with Gasteiger partial charge >= 0.3 is 0 Å². The Morgan fingerprint density at radius 2 is 1.48 bits per heavy atom. The zero-order valence-electron chi connectivity index (χ0n) is 16.2. The van der Waals surface area contributed by atoms with Gasteiger partial charge in [-0.3, -0.25) is 4.79 Å². The van der Waals surface area contributed by atoms with Gasteiger partial charge in [-0.1, -0.05) is 25.0 Å². The summed E-state index contributed by atoms with van der Waals surface area (Å²) in [6, 6.07) is 11.8. The number of benzene rings is 2. The van der Waals surface area contributed by atoms with Gasteiger partial charge in [-0.25, -0.2) is 16.8 Å². The van der Waals surface area contributed by atoms with Crippen LogP contribution in [0.25, 0.3) is 0 Å². The molecule has 1 amide bonds. The summed E-state index contributed by atoms with van der Waals surface area (Å²) < 4.78 is 50.8. The number of sulfonamides is 1. The van der Waals surface area contributed by atoms with Gasteiger partial charge in [0.15, 0.2) is 9.84 Å². The van der Waals surface area contributed by atoms with Crippen molar-refractivity contribution in [2.24, 2.45) is 0 Å². The highest BCUT2D eigenvalue weighted by Crippen LogP contribution is 2.23. The van der Waals surface area contributed by atoms with Crippen molar-refractivity contribution in [2.75, 3.05) is 24.7 Å². The molecule has 0 bridgehead atoms. The number of carbonyl (C=O) groups excluding carboxylic acids is 1. The molecule has 7 nitrogen and oxygen atoms in total. The van der Waals surface area contributed by atoms with Gasteiger partial charge in [-0.15, -0.1) is 0 Å². The summed E-state index contributed by atoms with van der Waals surface area (Å²) in [5, 5.41) is 2.65. The second kappa shape index (κ2) is 8.64. The van der Waals surface area contributed by atoms with E-state index in [0.717, 1.165) is 31.9 Å². The second-order valence-electron chi connectivity index (χ2n) is 7.10. The van der Waals surface area contributed by atoms with Gasteiger partial charge in [0.1, 0.15) is 0 Å². The molecule has 1 N–H and O–H groups in total. The van der Waals surface area contributed by atoms with Crippen LogP contribution in [-0.2, 0) is 19.9 Å². The third-order valence-electron chi connectivity index (χ3n) is 4.82. The molecule has 9 heteroatoms. The topological polar surface area (TPSA) is 101 Å². The maximum absolute atomic E-state index is 12.9. The summed E-state index contributed by atoms with van der Waals surface area (Å²) in [6.45, 7) is 0.994. The van der Waals surface area contributed by atoms with Crippen LogP contribution in [0.5, 0.6) is 0 Å². The zero-order chi connectivity index (χ0) is 21.1. The summed E-state index contributed by atoms with van der Waals surface area (Å²) in [5.41, 5.74) is 0.504. The number of amides is 1. The van der Waals surface area contributed by atoms with E-state index in [2.05, 4.69) is 5.32 Å². The highest BCUT2D eigenvalue weighted by molar-refractivity contribution is 7.90. The molecule has 2 aromatic rings. The lowest BCUT2D eigenvalue weighted by atomic mass is 10.2. The van der Waals surface area contributed by atoms with Gasteiger partial charge < -0.3 is 5.32 Å². The fraction of sp³-hybridized carbons (Fsp3) is 0.350. The van der Waals surface area contributed by atoms with Gasteiger partial charge in [-0.05, 0) is 49.2 Å². The number of nitrogens with zero attached hydrogens (tertiary/aromatic N) is 1. The van der Waals surface area contributed by atoms with E-state index in [1.165, 1.54) is 40.7 Å². The van der Waals surface area contributed by atoms with E-state index in [-0.39, 0.29) is 15.4 Å². The number of nitrogens with one attached hydrogen (secondary N) is 1. The Hall–Kier alpha value is -2.23. The normalized spacial score (nSPS) is 16.2. The van der Waals surface area contributed by atoms with Gasteiger partial charge in [0.25, 0.3) is 5.91 Å². The van der Waals surface area contributed by atoms with Crippen LogP contribution < -0.4 is 5.32 Å². The first-order valence-electron chi connectivity index (χ1n) is 9.40. The molecular weight excluding hydrogens is 412 g/mol. The predicted octanol–water partition coefficient (Wildman–Crippen LogP) is 2.91. The van der Waals surface area contributed by atoms with Crippen LogP contribution in [0, 0.1) is 0 Å². The molecule has 0 radical (unpaired) electrons. The summed E-state index contributed by atoms with van der Waals surface area (Å²) >= 11 is 0. The molecule has 1 heterocycles. The molecule has 0 spiro atoms. The largest absolute Gasteiger partial charge is 0.322 e. The minimum absolute atomic E-state index is 0.0441. The Labute approximate surface area is 171 Å². The van der Waals surface area contributed by atoms with Crippen molar-refractivity contribution in [1.82, 2.24) is 4.31 Å². The number of hydrogen-bond donors (Lipinski definition) is 1. The summed E-state index contributed by atoms with van der Waals surface area (Å²) in [6.07, 6.45) is 4.79. The number of anilines is 1. The van der Waals surface area contributed by atoms with Crippen LogP contribution in [0.2, 0.25) is 0 Å². The molecular formula is C20H24N2O5S2. The highest BCUT2D eigenvalue weighted by atomic mass is 32.2.